The van der Waals surface area contributed by atoms with Gasteiger partial charge in [-0.2, -0.15) is 0 Å². The second kappa shape index (κ2) is 3.88. The van der Waals surface area contributed by atoms with Gasteiger partial charge < -0.3 is 0 Å². The van der Waals surface area contributed by atoms with E-state index in [1.807, 2.05) is 0 Å². The summed E-state index contributed by atoms with van der Waals surface area (Å²) in [6, 6.07) is 4.53. The first kappa shape index (κ1) is 10.2. The molecular weight excluding hydrogens is 246 g/mol. The first-order valence-corrected chi connectivity index (χ1v) is 4.15. The molecule has 0 atom stereocenters. The van der Waals surface area contributed by atoms with Crippen LogP contribution in [-0.2, 0) is 6.18 Å². The number of rotatable bonds is 1. The van der Waals surface area contributed by atoms with Gasteiger partial charge in [0.25, 0.3) is 0 Å². The van der Waals surface area contributed by atoms with Crippen LogP contribution in [0.1, 0.15) is 5.56 Å². The van der Waals surface area contributed by atoms with Crippen LogP contribution in [-0.4, -0.2) is 20.3 Å². The van der Waals surface area contributed by atoms with E-state index in [2.05, 4.69) is 25.3 Å². The summed E-state index contributed by atoms with van der Waals surface area (Å²) >= 11 is 2.40. The van der Waals surface area contributed by atoms with E-state index in [1.54, 1.807) is 0 Å². The SMILES string of the molecule is FC(F)(F)c1ccc(N=C=[Se])cc1. The first-order valence-electron chi connectivity index (χ1n) is 3.29. The Labute approximate surface area is 80.7 Å². The van der Waals surface area contributed by atoms with Crippen LogP contribution in [0.3, 0.4) is 0 Å². The zero-order valence-electron chi connectivity index (χ0n) is 6.30. The van der Waals surface area contributed by atoms with Gasteiger partial charge in [0.15, 0.2) is 0 Å². The minimum atomic E-state index is -4.29. The Balaban J connectivity index is 3.00. The molecule has 0 spiro atoms. The van der Waals surface area contributed by atoms with Gasteiger partial charge in [-0.15, -0.1) is 0 Å². The van der Waals surface area contributed by atoms with Crippen molar-refractivity contribution in [2.24, 2.45) is 4.99 Å². The van der Waals surface area contributed by atoms with Crippen molar-refractivity contribution in [1.82, 2.24) is 0 Å². The predicted octanol–water partition coefficient (Wildman–Crippen LogP) is 2.41. The van der Waals surface area contributed by atoms with Crippen LogP contribution in [0.25, 0.3) is 0 Å². The summed E-state index contributed by atoms with van der Waals surface area (Å²) < 4.78 is 38.5. The quantitative estimate of drug-likeness (QED) is 0.536. The molecule has 0 heterocycles. The van der Waals surface area contributed by atoms with E-state index in [1.165, 1.54) is 12.1 Å². The van der Waals surface area contributed by atoms with E-state index < -0.39 is 11.7 Å². The molecule has 1 aromatic carbocycles. The van der Waals surface area contributed by atoms with Crippen molar-refractivity contribution in [3.63, 3.8) is 0 Å². The predicted molar refractivity (Wildman–Crippen MR) is 44.3 cm³/mol. The molecule has 13 heavy (non-hydrogen) atoms. The first-order chi connectivity index (χ1) is 6.04. The molecule has 1 aromatic rings. The fraction of sp³-hybridized carbons (Fsp3) is 0.125. The Kier molecular flexibility index (Phi) is 3.04. The van der Waals surface area contributed by atoms with Crippen LogP contribution in [0.15, 0.2) is 29.3 Å². The van der Waals surface area contributed by atoms with Crippen LogP contribution < -0.4 is 0 Å². The van der Waals surface area contributed by atoms with Gasteiger partial charge in [-0.1, -0.05) is 0 Å². The van der Waals surface area contributed by atoms with Gasteiger partial charge >= 0.3 is 80.1 Å². The van der Waals surface area contributed by atoms with Crippen LogP contribution in [0.5, 0.6) is 0 Å². The Morgan fingerprint density at radius 2 is 1.69 bits per heavy atom. The van der Waals surface area contributed by atoms with Gasteiger partial charge in [0, 0.05) is 0 Å². The summed E-state index contributed by atoms with van der Waals surface area (Å²) in [7, 11) is 0. The number of nitrogens with zero attached hydrogens (tertiary/aromatic N) is 1. The van der Waals surface area contributed by atoms with Gasteiger partial charge in [0.05, 0.1) is 0 Å². The summed E-state index contributed by atoms with van der Waals surface area (Å²) in [6.07, 6.45) is -4.29. The van der Waals surface area contributed by atoms with Gasteiger partial charge in [0.2, 0.25) is 0 Å². The molecule has 1 nitrogen and oxygen atoms in total. The second-order valence-electron chi connectivity index (χ2n) is 2.25. The maximum absolute atomic E-state index is 12.1. The van der Waals surface area contributed by atoms with Gasteiger partial charge in [-0.25, -0.2) is 0 Å². The number of hydrogen-bond acceptors (Lipinski definition) is 1. The van der Waals surface area contributed by atoms with Crippen molar-refractivity contribution in [3.8, 4) is 0 Å². The molecular formula is C8H4F3NSe. The fourth-order valence-corrected chi connectivity index (χ4v) is 0.999. The monoisotopic (exact) mass is 251 g/mol. The van der Waals surface area contributed by atoms with Crippen LogP contribution in [0, 0.1) is 0 Å². The minimum absolute atomic E-state index is 0.437. The van der Waals surface area contributed by atoms with Crippen LogP contribution >= 0.6 is 0 Å². The molecule has 68 valence electrons. The standard InChI is InChI=1S/C8H4F3NSe/c9-8(10,11)6-1-3-7(4-2-6)12-5-13/h1-4H. The zero-order valence-corrected chi connectivity index (χ0v) is 8.01. The second-order valence-corrected chi connectivity index (χ2v) is 2.63. The summed E-state index contributed by atoms with van der Waals surface area (Å²) in [5.41, 5.74) is -0.238. The Hall–Kier alpha value is -0.891. The summed E-state index contributed by atoms with van der Waals surface area (Å²) in [6.45, 7) is 0. The Bertz CT molecular complexity index is 335. The molecule has 0 N–H and O–H groups in total. The third kappa shape index (κ3) is 2.81. The van der Waals surface area contributed by atoms with Crippen LogP contribution in [0.4, 0.5) is 18.9 Å². The molecule has 0 aliphatic carbocycles. The fourth-order valence-electron chi connectivity index (χ4n) is 0.778. The normalized spacial score (nSPS) is 10.7. The van der Waals surface area contributed by atoms with E-state index in [9.17, 15) is 13.2 Å². The van der Waals surface area contributed by atoms with Crippen LogP contribution in [0.2, 0.25) is 0 Å². The topological polar surface area (TPSA) is 12.4 Å². The van der Waals surface area contributed by atoms with E-state index in [4.69, 9.17) is 0 Å². The molecule has 0 radical (unpaired) electrons. The molecule has 0 bridgehead atoms. The Morgan fingerprint density at radius 1 is 1.15 bits per heavy atom. The van der Waals surface area contributed by atoms with Crippen molar-refractivity contribution >= 4 is 26.0 Å². The van der Waals surface area contributed by atoms with Crippen molar-refractivity contribution in [2.75, 3.05) is 0 Å². The van der Waals surface area contributed by atoms with Gasteiger partial charge in [-0.3, -0.25) is 0 Å². The van der Waals surface area contributed by atoms with Crippen molar-refractivity contribution < 1.29 is 13.2 Å². The number of halogens is 3. The molecule has 0 aliphatic heterocycles. The molecule has 0 aliphatic rings. The molecule has 0 aromatic heterocycles. The van der Waals surface area contributed by atoms with Gasteiger partial charge in [0.1, 0.15) is 0 Å². The zero-order chi connectivity index (χ0) is 9.90. The molecule has 0 saturated heterocycles. The van der Waals surface area contributed by atoms with Crippen molar-refractivity contribution in [3.05, 3.63) is 29.8 Å². The third-order valence-electron chi connectivity index (χ3n) is 1.37. The van der Waals surface area contributed by atoms with E-state index in [-0.39, 0.29) is 0 Å². The van der Waals surface area contributed by atoms with Crippen molar-refractivity contribution in [1.29, 1.82) is 0 Å². The average molecular weight is 250 g/mol. The summed E-state index contributed by atoms with van der Waals surface area (Å²) in [5, 5.41) is 0. The summed E-state index contributed by atoms with van der Waals surface area (Å²) in [4.78, 5) is 3.66. The summed E-state index contributed by atoms with van der Waals surface area (Å²) in [5.74, 6) is 0. The van der Waals surface area contributed by atoms with E-state index >= 15 is 0 Å². The molecule has 0 unspecified atom stereocenters. The maximum atomic E-state index is 12.1. The molecule has 0 fully saturated rings. The number of alkyl halides is 3. The van der Waals surface area contributed by atoms with Gasteiger partial charge in [-0.05, 0) is 0 Å². The van der Waals surface area contributed by atoms with E-state index in [0.29, 0.717) is 5.69 Å². The number of benzene rings is 1. The molecule has 5 heteroatoms. The van der Waals surface area contributed by atoms with E-state index in [0.717, 1.165) is 12.1 Å². The molecule has 1 rings (SSSR count). The average Bonchev–Trinajstić information content (AvgIpc) is 2.04. The number of hydrogen-bond donors (Lipinski definition) is 0. The molecule has 0 saturated carbocycles. The Morgan fingerprint density at radius 3 is 2.08 bits per heavy atom. The molecule has 0 amide bonds. The van der Waals surface area contributed by atoms with Crippen molar-refractivity contribution in [2.45, 2.75) is 6.18 Å². The third-order valence-corrected chi connectivity index (χ3v) is 1.56. The number of aliphatic imine (C=N–C) groups is 1.